The number of morpholine rings is 1. The van der Waals surface area contributed by atoms with E-state index >= 15 is 0 Å². The molecule has 0 aliphatic carbocycles. The second-order valence-electron chi connectivity index (χ2n) is 4.57. The molecule has 1 amide bonds. The van der Waals surface area contributed by atoms with Crippen molar-refractivity contribution < 1.29 is 9.53 Å². The fourth-order valence-corrected chi connectivity index (χ4v) is 2.22. The Morgan fingerprint density at radius 3 is 2.81 bits per heavy atom. The van der Waals surface area contributed by atoms with E-state index in [1.54, 1.807) is 17.1 Å². The minimum absolute atomic E-state index is 0.376. The van der Waals surface area contributed by atoms with E-state index in [0.29, 0.717) is 43.5 Å². The smallest absolute Gasteiger partial charge is 0.270 e. The molecule has 0 aromatic carbocycles. The van der Waals surface area contributed by atoms with Crippen LogP contribution in [0.1, 0.15) is 10.4 Å². The molecule has 3 heterocycles. The van der Waals surface area contributed by atoms with E-state index in [-0.39, 0.29) is 5.91 Å². The van der Waals surface area contributed by atoms with Gasteiger partial charge in [0.15, 0.2) is 11.6 Å². The van der Waals surface area contributed by atoms with Crippen LogP contribution in [0.25, 0.3) is 5.82 Å². The molecule has 1 saturated heterocycles. The summed E-state index contributed by atoms with van der Waals surface area (Å²) < 4.78 is 6.90. The van der Waals surface area contributed by atoms with E-state index in [1.807, 2.05) is 23.1 Å². The van der Waals surface area contributed by atoms with Gasteiger partial charge in [0.05, 0.1) is 13.2 Å². The van der Waals surface area contributed by atoms with Crippen molar-refractivity contribution in [2.24, 2.45) is 5.84 Å². The second-order valence-corrected chi connectivity index (χ2v) is 4.57. The van der Waals surface area contributed by atoms with Crippen LogP contribution in [0.3, 0.4) is 0 Å². The van der Waals surface area contributed by atoms with Crippen molar-refractivity contribution in [3.05, 3.63) is 36.2 Å². The highest BCUT2D eigenvalue weighted by atomic mass is 16.5. The van der Waals surface area contributed by atoms with E-state index in [2.05, 4.69) is 15.5 Å². The number of ether oxygens (including phenoxy) is 1. The van der Waals surface area contributed by atoms with E-state index in [9.17, 15) is 4.79 Å². The van der Waals surface area contributed by atoms with Gasteiger partial charge < -0.3 is 9.64 Å². The van der Waals surface area contributed by atoms with Crippen LogP contribution in [0, 0.1) is 0 Å². The van der Waals surface area contributed by atoms with E-state index in [1.165, 1.54) is 0 Å². The van der Waals surface area contributed by atoms with Crippen LogP contribution in [-0.2, 0) is 4.74 Å². The highest BCUT2D eigenvalue weighted by Gasteiger charge is 2.23. The van der Waals surface area contributed by atoms with Crippen LogP contribution >= 0.6 is 0 Å². The Labute approximate surface area is 121 Å². The third kappa shape index (κ3) is 2.71. The summed E-state index contributed by atoms with van der Waals surface area (Å²) in [5.74, 6) is 6.11. The molecule has 1 fully saturated rings. The minimum atomic E-state index is -0.376. The number of anilines is 1. The van der Waals surface area contributed by atoms with E-state index in [4.69, 9.17) is 10.6 Å². The van der Waals surface area contributed by atoms with Crippen molar-refractivity contribution in [2.45, 2.75) is 0 Å². The quantitative estimate of drug-likeness (QED) is 0.457. The first-order valence-electron chi connectivity index (χ1n) is 6.64. The minimum Gasteiger partial charge on any atom is -0.378 e. The molecular formula is C13H16N6O2. The lowest BCUT2D eigenvalue weighted by Gasteiger charge is -2.27. The molecule has 2 aromatic heterocycles. The molecule has 0 radical (unpaired) electrons. The largest absolute Gasteiger partial charge is 0.378 e. The normalized spacial score (nSPS) is 15.0. The van der Waals surface area contributed by atoms with Gasteiger partial charge in [-0.1, -0.05) is 6.07 Å². The maximum Gasteiger partial charge on any atom is 0.270 e. The lowest BCUT2D eigenvalue weighted by molar-refractivity contribution is 0.0952. The van der Waals surface area contributed by atoms with Gasteiger partial charge >= 0.3 is 0 Å². The number of pyridine rings is 1. The summed E-state index contributed by atoms with van der Waals surface area (Å²) in [5.41, 5.74) is 2.58. The maximum absolute atomic E-state index is 12.0. The standard InChI is InChI=1S/C13H16N6O2/c14-16-13(20)10-9-19(11-3-1-2-4-15-11)17-12(10)18-5-7-21-8-6-18/h1-4,9H,5-8,14H2,(H,16,20). The van der Waals surface area contributed by atoms with Crippen molar-refractivity contribution >= 4 is 11.7 Å². The zero-order chi connectivity index (χ0) is 14.7. The number of nitrogen functional groups attached to an aromatic ring is 1. The molecule has 2 aromatic rings. The summed E-state index contributed by atoms with van der Waals surface area (Å²) in [6, 6.07) is 5.50. The summed E-state index contributed by atoms with van der Waals surface area (Å²) in [4.78, 5) is 18.2. The Balaban J connectivity index is 2.00. The SMILES string of the molecule is NNC(=O)c1cn(-c2ccccn2)nc1N1CCOCC1. The summed E-state index contributed by atoms with van der Waals surface area (Å²) in [6.07, 6.45) is 3.31. The molecule has 1 aliphatic rings. The van der Waals surface area contributed by atoms with Crippen molar-refractivity contribution in [3.8, 4) is 5.82 Å². The molecule has 8 heteroatoms. The molecule has 0 atom stereocenters. The van der Waals surface area contributed by atoms with Gasteiger partial charge in [-0.2, -0.15) is 0 Å². The Kier molecular flexibility index (Phi) is 3.80. The van der Waals surface area contributed by atoms with Crippen LogP contribution in [-0.4, -0.2) is 47.0 Å². The number of carbonyl (C=O) groups excluding carboxylic acids is 1. The highest BCUT2D eigenvalue weighted by molar-refractivity contribution is 5.98. The summed E-state index contributed by atoms with van der Waals surface area (Å²) in [7, 11) is 0. The van der Waals surface area contributed by atoms with Crippen LogP contribution in [0.5, 0.6) is 0 Å². The average Bonchev–Trinajstić information content (AvgIpc) is 3.01. The first-order valence-corrected chi connectivity index (χ1v) is 6.64. The van der Waals surface area contributed by atoms with Crippen LogP contribution < -0.4 is 16.2 Å². The molecule has 0 spiro atoms. The molecule has 0 bridgehead atoms. The number of nitrogens with zero attached hydrogens (tertiary/aromatic N) is 4. The van der Waals surface area contributed by atoms with Crippen LogP contribution in [0.2, 0.25) is 0 Å². The first kappa shape index (κ1) is 13.5. The van der Waals surface area contributed by atoms with Crippen LogP contribution in [0.15, 0.2) is 30.6 Å². The number of nitrogens with two attached hydrogens (primary N) is 1. The predicted octanol–water partition coefficient (Wildman–Crippen LogP) is -0.293. The fraction of sp³-hybridized carbons (Fsp3) is 0.308. The van der Waals surface area contributed by atoms with Gasteiger partial charge in [-0.3, -0.25) is 10.2 Å². The second kappa shape index (κ2) is 5.90. The summed E-state index contributed by atoms with van der Waals surface area (Å²) in [6.45, 7) is 2.59. The average molecular weight is 288 g/mol. The number of carbonyl (C=O) groups is 1. The molecule has 110 valence electrons. The van der Waals surface area contributed by atoms with Crippen molar-refractivity contribution in [1.82, 2.24) is 20.2 Å². The van der Waals surface area contributed by atoms with Gasteiger partial charge in [-0.25, -0.2) is 15.5 Å². The molecule has 0 unspecified atom stereocenters. The molecule has 0 saturated carbocycles. The number of hydrazine groups is 1. The number of hydrogen-bond acceptors (Lipinski definition) is 6. The van der Waals surface area contributed by atoms with Gasteiger partial charge in [-0.05, 0) is 12.1 Å². The number of nitrogens with one attached hydrogen (secondary N) is 1. The predicted molar refractivity (Wildman–Crippen MR) is 76.0 cm³/mol. The molecule has 3 rings (SSSR count). The number of aromatic nitrogens is 3. The van der Waals surface area contributed by atoms with Gasteiger partial charge in [0.1, 0.15) is 5.56 Å². The zero-order valence-corrected chi connectivity index (χ0v) is 11.4. The molecule has 3 N–H and O–H groups in total. The molecular weight excluding hydrogens is 272 g/mol. The summed E-state index contributed by atoms with van der Waals surface area (Å²) in [5, 5.41) is 4.48. The Morgan fingerprint density at radius 2 is 2.14 bits per heavy atom. The monoisotopic (exact) mass is 288 g/mol. The van der Waals surface area contributed by atoms with Gasteiger partial charge in [0, 0.05) is 25.5 Å². The Bertz CT molecular complexity index is 621. The zero-order valence-electron chi connectivity index (χ0n) is 11.4. The molecule has 8 nitrogen and oxygen atoms in total. The Morgan fingerprint density at radius 1 is 1.33 bits per heavy atom. The number of hydrogen-bond donors (Lipinski definition) is 2. The van der Waals surface area contributed by atoms with Gasteiger partial charge in [0.25, 0.3) is 5.91 Å². The lowest BCUT2D eigenvalue weighted by atomic mass is 10.3. The molecule has 1 aliphatic heterocycles. The topological polar surface area (TPSA) is 98.3 Å². The molecule has 21 heavy (non-hydrogen) atoms. The van der Waals surface area contributed by atoms with E-state index < -0.39 is 0 Å². The van der Waals surface area contributed by atoms with Crippen molar-refractivity contribution in [1.29, 1.82) is 0 Å². The van der Waals surface area contributed by atoms with Crippen molar-refractivity contribution in [3.63, 3.8) is 0 Å². The number of rotatable bonds is 3. The first-order chi connectivity index (χ1) is 10.3. The third-order valence-electron chi connectivity index (χ3n) is 3.27. The fourth-order valence-electron chi connectivity index (χ4n) is 2.22. The van der Waals surface area contributed by atoms with Crippen LogP contribution in [0.4, 0.5) is 5.82 Å². The van der Waals surface area contributed by atoms with Crippen molar-refractivity contribution in [2.75, 3.05) is 31.2 Å². The summed E-state index contributed by atoms with van der Waals surface area (Å²) >= 11 is 0. The third-order valence-corrected chi connectivity index (χ3v) is 3.27. The highest BCUT2D eigenvalue weighted by Crippen LogP contribution is 2.21. The van der Waals surface area contributed by atoms with Gasteiger partial charge in [-0.15, -0.1) is 5.10 Å². The lowest BCUT2D eigenvalue weighted by Crippen LogP contribution is -2.38. The Hall–Kier alpha value is -2.45. The van der Waals surface area contributed by atoms with Gasteiger partial charge in [0.2, 0.25) is 0 Å². The maximum atomic E-state index is 12.0. The van der Waals surface area contributed by atoms with E-state index in [0.717, 1.165) is 0 Å². The number of amides is 1.